The number of fused-ring (bicyclic) bond motifs is 1. The molecule has 1 aliphatic heterocycles. The molecule has 1 aliphatic carbocycles. The van der Waals surface area contributed by atoms with Crippen molar-refractivity contribution in [3.8, 4) is 18.2 Å². The van der Waals surface area contributed by atoms with Crippen molar-refractivity contribution in [2.45, 2.75) is 19.8 Å². The van der Waals surface area contributed by atoms with Crippen molar-refractivity contribution in [2.24, 2.45) is 17.1 Å². The van der Waals surface area contributed by atoms with Crippen molar-refractivity contribution in [3.05, 3.63) is 57.8 Å². The molecule has 5 nitrogen and oxygen atoms in total. The highest BCUT2D eigenvalue weighted by Crippen LogP contribution is 2.54. The molecule has 0 radical (unpaired) electrons. The van der Waals surface area contributed by atoms with Crippen LogP contribution in [0.1, 0.15) is 22.6 Å². The fourth-order valence-corrected chi connectivity index (χ4v) is 4.34. The molecule has 1 heterocycles. The lowest BCUT2D eigenvalue weighted by Gasteiger charge is -2.45. The van der Waals surface area contributed by atoms with Crippen LogP contribution in [0.2, 0.25) is 0 Å². The Bertz CT molecular complexity index is 934. The van der Waals surface area contributed by atoms with Crippen molar-refractivity contribution < 1.29 is 0 Å². The Morgan fingerprint density at radius 3 is 2.46 bits per heavy atom. The van der Waals surface area contributed by atoms with Crippen LogP contribution in [0.3, 0.4) is 0 Å². The highest BCUT2D eigenvalue weighted by atomic mass is 15.1. The van der Waals surface area contributed by atoms with Crippen LogP contribution in [0.5, 0.6) is 0 Å². The Morgan fingerprint density at radius 2 is 1.88 bits per heavy atom. The van der Waals surface area contributed by atoms with E-state index in [4.69, 9.17) is 5.73 Å². The SMILES string of the molecule is Cc1ccc(C2C3CN(C)CC=C3C(C#N)=C(N)C2(C#N)C#N)c(C)c1. The van der Waals surface area contributed by atoms with Crippen LogP contribution in [0.15, 0.2) is 41.1 Å². The predicted molar refractivity (Wildman–Crippen MR) is 98.2 cm³/mol. The summed E-state index contributed by atoms with van der Waals surface area (Å²) >= 11 is 0. The molecule has 26 heavy (non-hydrogen) atoms. The van der Waals surface area contributed by atoms with E-state index in [0.717, 1.165) is 28.8 Å². The van der Waals surface area contributed by atoms with E-state index in [-0.39, 0.29) is 11.6 Å². The maximum atomic E-state index is 10.0. The maximum absolute atomic E-state index is 10.0. The predicted octanol–water partition coefficient (Wildman–Crippen LogP) is 2.66. The summed E-state index contributed by atoms with van der Waals surface area (Å²) in [6.45, 7) is 5.40. The smallest absolute Gasteiger partial charge is 0.191 e. The first kappa shape index (κ1) is 17.7. The van der Waals surface area contributed by atoms with Gasteiger partial charge in [-0.3, -0.25) is 0 Å². The number of hydrogen-bond acceptors (Lipinski definition) is 5. The second-order valence-electron chi connectivity index (χ2n) is 7.26. The van der Waals surface area contributed by atoms with E-state index in [1.165, 1.54) is 0 Å². The Hall–Kier alpha value is -3.07. The average Bonchev–Trinajstić information content (AvgIpc) is 2.62. The molecule has 0 amide bonds. The molecule has 130 valence electrons. The van der Waals surface area contributed by atoms with E-state index in [9.17, 15) is 15.8 Å². The van der Waals surface area contributed by atoms with Crippen LogP contribution in [0, 0.1) is 59.2 Å². The number of nitrogens with zero attached hydrogens (tertiary/aromatic N) is 4. The average molecular weight is 343 g/mol. The highest BCUT2D eigenvalue weighted by Gasteiger charge is 2.54. The van der Waals surface area contributed by atoms with E-state index in [2.05, 4.69) is 29.2 Å². The van der Waals surface area contributed by atoms with Crippen LogP contribution in [-0.4, -0.2) is 25.0 Å². The van der Waals surface area contributed by atoms with Gasteiger partial charge in [-0.2, -0.15) is 15.8 Å². The molecule has 3 rings (SSSR count). The minimum absolute atomic E-state index is 0.0852. The van der Waals surface area contributed by atoms with E-state index < -0.39 is 11.3 Å². The maximum Gasteiger partial charge on any atom is 0.191 e. The third-order valence-electron chi connectivity index (χ3n) is 5.61. The monoisotopic (exact) mass is 343 g/mol. The van der Waals surface area contributed by atoms with Crippen molar-refractivity contribution in [2.75, 3.05) is 20.1 Å². The van der Waals surface area contributed by atoms with Gasteiger partial charge in [-0.15, -0.1) is 0 Å². The summed E-state index contributed by atoms with van der Waals surface area (Å²) < 4.78 is 0. The molecule has 2 aliphatic rings. The number of likely N-dealkylation sites (N-methyl/N-ethyl adjacent to an activating group) is 1. The molecule has 0 spiro atoms. The van der Waals surface area contributed by atoms with Gasteiger partial charge in [-0.1, -0.05) is 29.8 Å². The second-order valence-corrected chi connectivity index (χ2v) is 7.26. The van der Waals surface area contributed by atoms with Gasteiger partial charge in [0.05, 0.1) is 23.4 Å². The number of nitriles is 3. The fourth-order valence-electron chi connectivity index (χ4n) is 4.34. The summed E-state index contributed by atoms with van der Waals surface area (Å²) in [5.41, 5.74) is 9.11. The lowest BCUT2D eigenvalue weighted by Crippen LogP contribution is -2.47. The van der Waals surface area contributed by atoms with E-state index in [1.807, 2.05) is 39.1 Å². The molecule has 1 aromatic rings. The second kappa shape index (κ2) is 6.34. The molecule has 2 unspecified atom stereocenters. The number of nitrogens with two attached hydrogens (primary N) is 1. The molecule has 0 fully saturated rings. The molecule has 0 saturated heterocycles. The number of benzene rings is 1. The summed E-state index contributed by atoms with van der Waals surface area (Å²) in [6.07, 6.45) is 2.01. The number of hydrogen-bond donors (Lipinski definition) is 1. The number of rotatable bonds is 1. The van der Waals surface area contributed by atoms with Gasteiger partial charge in [-0.25, -0.2) is 0 Å². The lowest BCUT2D eigenvalue weighted by molar-refractivity contribution is 0.237. The minimum Gasteiger partial charge on any atom is -0.399 e. The molecule has 5 heteroatoms. The zero-order chi connectivity index (χ0) is 19.1. The normalized spacial score (nSPS) is 24.7. The largest absolute Gasteiger partial charge is 0.399 e. The molecule has 0 aromatic heterocycles. The molecular weight excluding hydrogens is 322 g/mol. The highest BCUT2D eigenvalue weighted by molar-refractivity contribution is 5.60. The van der Waals surface area contributed by atoms with E-state index >= 15 is 0 Å². The fraction of sp³-hybridized carbons (Fsp3) is 0.381. The van der Waals surface area contributed by atoms with Crippen LogP contribution < -0.4 is 5.73 Å². The third-order valence-corrected chi connectivity index (χ3v) is 5.61. The summed E-state index contributed by atoms with van der Waals surface area (Å²) in [7, 11) is 2.00. The topological polar surface area (TPSA) is 101 Å². The summed E-state index contributed by atoms with van der Waals surface area (Å²) in [5, 5.41) is 29.7. The Morgan fingerprint density at radius 1 is 1.19 bits per heavy atom. The van der Waals surface area contributed by atoms with E-state index in [1.54, 1.807) is 0 Å². The van der Waals surface area contributed by atoms with Gasteiger partial charge in [0.2, 0.25) is 0 Å². The molecule has 2 atom stereocenters. The van der Waals surface area contributed by atoms with Gasteiger partial charge in [0.1, 0.15) is 6.07 Å². The Kier molecular flexibility index (Phi) is 4.33. The molecule has 1 aromatic carbocycles. The Balaban J connectivity index is 2.36. The van der Waals surface area contributed by atoms with Gasteiger partial charge in [0.25, 0.3) is 0 Å². The summed E-state index contributed by atoms with van der Waals surface area (Å²) in [4.78, 5) is 2.14. The molecule has 0 bridgehead atoms. The standard InChI is InChI=1S/C21H21N5/c1-13-4-5-15(14(2)8-13)19-18-10-26(3)7-6-16(18)17(9-22)20(25)21(19,11-23)12-24/h4-6,8,18-19H,7,10,25H2,1-3H3. The first-order valence-electron chi connectivity index (χ1n) is 8.58. The zero-order valence-corrected chi connectivity index (χ0v) is 15.2. The van der Waals surface area contributed by atoms with Crippen LogP contribution in [0.25, 0.3) is 0 Å². The minimum atomic E-state index is -1.55. The molecule has 2 N–H and O–H groups in total. The van der Waals surface area contributed by atoms with Crippen molar-refractivity contribution >= 4 is 0 Å². The van der Waals surface area contributed by atoms with Gasteiger partial charge < -0.3 is 10.6 Å². The summed E-state index contributed by atoms with van der Waals surface area (Å²) in [6, 6.07) is 12.6. The number of aryl methyl sites for hydroxylation is 2. The van der Waals surface area contributed by atoms with Gasteiger partial charge in [-0.05, 0) is 37.6 Å². The summed E-state index contributed by atoms with van der Waals surface area (Å²) in [5.74, 6) is -0.541. The van der Waals surface area contributed by atoms with Gasteiger partial charge in [0, 0.05) is 24.9 Å². The lowest BCUT2D eigenvalue weighted by atomic mass is 9.57. The molecular formula is C21H21N5. The van der Waals surface area contributed by atoms with E-state index in [0.29, 0.717) is 12.1 Å². The van der Waals surface area contributed by atoms with Crippen LogP contribution in [0.4, 0.5) is 0 Å². The van der Waals surface area contributed by atoms with Gasteiger partial charge >= 0.3 is 0 Å². The first-order valence-corrected chi connectivity index (χ1v) is 8.58. The van der Waals surface area contributed by atoms with Crippen LogP contribution in [-0.2, 0) is 0 Å². The van der Waals surface area contributed by atoms with Gasteiger partial charge in [0.15, 0.2) is 5.41 Å². The van der Waals surface area contributed by atoms with Crippen molar-refractivity contribution in [1.29, 1.82) is 15.8 Å². The number of allylic oxidation sites excluding steroid dienone is 2. The molecule has 0 saturated carbocycles. The third kappa shape index (κ3) is 2.39. The van der Waals surface area contributed by atoms with Crippen LogP contribution >= 0.6 is 0 Å². The zero-order valence-electron chi connectivity index (χ0n) is 15.2. The quantitative estimate of drug-likeness (QED) is 0.845. The van der Waals surface area contributed by atoms with Crippen molar-refractivity contribution in [1.82, 2.24) is 4.90 Å². The Labute approximate surface area is 154 Å². The first-order chi connectivity index (χ1) is 12.4. The van der Waals surface area contributed by atoms with Crippen molar-refractivity contribution in [3.63, 3.8) is 0 Å².